The third-order valence-electron chi connectivity index (χ3n) is 3.89. The fourth-order valence-electron chi connectivity index (χ4n) is 2.64. The first kappa shape index (κ1) is 16.6. The molecule has 7 heteroatoms. The Labute approximate surface area is 145 Å². The van der Waals surface area contributed by atoms with Gasteiger partial charge in [0, 0.05) is 29.8 Å². The zero-order valence-corrected chi connectivity index (χ0v) is 14.2. The van der Waals surface area contributed by atoms with E-state index < -0.39 is 0 Å². The van der Waals surface area contributed by atoms with Gasteiger partial charge in [-0.3, -0.25) is 0 Å². The SMILES string of the molecule is COc1cc(OC)c2cc(CCCNc3ccc(C#N)nn3)[nH]c2c1. The van der Waals surface area contributed by atoms with Crippen LogP contribution in [0, 0.1) is 11.3 Å². The molecule has 0 bridgehead atoms. The van der Waals surface area contributed by atoms with Crippen LogP contribution in [0.2, 0.25) is 0 Å². The summed E-state index contributed by atoms with van der Waals surface area (Å²) in [6.07, 6.45) is 1.81. The molecule has 1 aromatic carbocycles. The summed E-state index contributed by atoms with van der Waals surface area (Å²) in [5.41, 5.74) is 2.44. The number of hydrogen-bond donors (Lipinski definition) is 2. The summed E-state index contributed by atoms with van der Waals surface area (Å²) >= 11 is 0. The van der Waals surface area contributed by atoms with Crippen molar-refractivity contribution in [3.05, 3.63) is 41.7 Å². The van der Waals surface area contributed by atoms with Gasteiger partial charge in [0.05, 0.1) is 19.7 Å². The molecule has 0 amide bonds. The topological polar surface area (TPSA) is 95.8 Å². The lowest BCUT2D eigenvalue weighted by Crippen LogP contribution is -2.05. The van der Waals surface area contributed by atoms with Crippen LogP contribution in [0.4, 0.5) is 5.82 Å². The third-order valence-corrected chi connectivity index (χ3v) is 3.89. The predicted molar refractivity (Wildman–Crippen MR) is 95.0 cm³/mol. The Bertz CT molecular complexity index is 896. The van der Waals surface area contributed by atoms with E-state index in [1.54, 1.807) is 26.4 Å². The van der Waals surface area contributed by atoms with E-state index in [-0.39, 0.29) is 0 Å². The van der Waals surface area contributed by atoms with Crippen molar-refractivity contribution in [1.82, 2.24) is 15.2 Å². The summed E-state index contributed by atoms with van der Waals surface area (Å²) in [5, 5.41) is 20.7. The van der Waals surface area contributed by atoms with Crippen molar-refractivity contribution in [3.8, 4) is 17.6 Å². The van der Waals surface area contributed by atoms with Gasteiger partial charge in [0.15, 0.2) is 5.69 Å². The maximum atomic E-state index is 8.71. The summed E-state index contributed by atoms with van der Waals surface area (Å²) < 4.78 is 10.7. The number of rotatable bonds is 7. The molecule has 0 radical (unpaired) electrons. The fourth-order valence-corrected chi connectivity index (χ4v) is 2.64. The Kier molecular flexibility index (Phi) is 5.00. The van der Waals surface area contributed by atoms with Crippen LogP contribution in [0.25, 0.3) is 10.9 Å². The molecule has 25 heavy (non-hydrogen) atoms. The second kappa shape index (κ2) is 7.53. The van der Waals surface area contributed by atoms with Crippen LogP contribution in [0.15, 0.2) is 30.3 Å². The second-order valence-electron chi connectivity index (χ2n) is 5.53. The number of H-pyrrole nitrogens is 1. The minimum atomic E-state index is 0.313. The number of aromatic amines is 1. The molecule has 2 aromatic heterocycles. The average molecular weight is 337 g/mol. The highest BCUT2D eigenvalue weighted by Gasteiger charge is 2.09. The number of nitrogens with zero attached hydrogens (tertiary/aromatic N) is 3. The average Bonchev–Trinajstić information content (AvgIpc) is 3.07. The van der Waals surface area contributed by atoms with Crippen molar-refractivity contribution in [2.45, 2.75) is 12.8 Å². The largest absolute Gasteiger partial charge is 0.497 e. The number of nitrogens with one attached hydrogen (secondary N) is 2. The molecule has 0 saturated carbocycles. The first-order valence-electron chi connectivity index (χ1n) is 7.95. The predicted octanol–water partition coefficient (Wildman–Crippen LogP) is 2.89. The highest BCUT2D eigenvalue weighted by atomic mass is 16.5. The zero-order valence-electron chi connectivity index (χ0n) is 14.2. The van der Waals surface area contributed by atoms with E-state index in [1.807, 2.05) is 18.2 Å². The summed E-state index contributed by atoms with van der Waals surface area (Å²) in [5.74, 6) is 2.23. The molecule has 0 atom stereocenters. The van der Waals surface area contributed by atoms with Gasteiger partial charge in [0.25, 0.3) is 0 Å². The molecule has 2 N–H and O–H groups in total. The Morgan fingerprint density at radius 2 is 2.04 bits per heavy atom. The minimum absolute atomic E-state index is 0.313. The summed E-state index contributed by atoms with van der Waals surface area (Å²) in [7, 11) is 3.30. The normalized spacial score (nSPS) is 10.4. The molecule has 7 nitrogen and oxygen atoms in total. The van der Waals surface area contributed by atoms with Crippen LogP contribution in [0.5, 0.6) is 11.5 Å². The molecular weight excluding hydrogens is 318 g/mol. The van der Waals surface area contributed by atoms with Gasteiger partial charge < -0.3 is 19.8 Å². The van der Waals surface area contributed by atoms with Gasteiger partial charge in [0.2, 0.25) is 0 Å². The van der Waals surface area contributed by atoms with Crippen molar-refractivity contribution in [2.24, 2.45) is 0 Å². The lowest BCUT2D eigenvalue weighted by atomic mass is 10.2. The minimum Gasteiger partial charge on any atom is -0.497 e. The van der Waals surface area contributed by atoms with E-state index in [1.165, 1.54) is 0 Å². The van der Waals surface area contributed by atoms with E-state index in [4.69, 9.17) is 14.7 Å². The lowest BCUT2D eigenvalue weighted by Gasteiger charge is -2.04. The summed E-state index contributed by atoms with van der Waals surface area (Å²) in [6, 6.07) is 11.3. The van der Waals surface area contributed by atoms with Crippen LogP contribution in [-0.2, 0) is 6.42 Å². The van der Waals surface area contributed by atoms with E-state index in [0.29, 0.717) is 11.5 Å². The molecule has 128 valence electrons. The first-order valence-corrected chi connectivity index (χ1v) is 7.95. The maximum Gasteiger partial charge on any atom is 0.163 e. The highest BCUT2D eigenvalue weighted by molar-refractivity contribution is 5.88. The van der Waals surface area contributed by atoms with Gasteiger partial charge >= 0.3 is 0 Å². The standard InChI is InChI=1S/C18H19N5O2/c1-24-14-9-16-15(17(10-14)25-2)8-12(21-16)4-3-7-20-18-6-5-13(11-19)22-23-18/h5-6,8-10,21H,3-4,7H2,1-2H3,(H,20,23). The van der Waals surface area contributed by atoms with Crippen molar-refractivity contribution in [2.75, 3.05) is 26.1 Å². The van der Waals surface area contributed by atoms with Crippen molar-refractivity contribution in [1.29, 1.82) is 5.26 Å². The number of methoxy groups -OCH3 is 2. The number of anilines is 1. The smallest absolute Gasteiger partial charge is 0.163 e. The molecule has 0 saturated heterocycles. The van der Waals surface area contributed by atoms with Crippen LogP contribution >= 0.6 is 0 Å². The number of aromatic nitrogens is 3. The van der Waals surface area contributed by atoms with Crippen molar-refractivity contribution >= 4 is 16.7 Å². The molecular formula is C18H19N5O2. The van der Waals surface area contributed by atoms with E-state index in [0.717, 1.165) is 47.5 Å². The van der Waals surface area contributed by atoms with Gasteiger partial charge in [-0.2, -0.15) is 5.26 Å². The molecule has 0 aliphatic carbocycles. The molecule has 3 aromatic rings. The van der Waals surface area contributed by atoms with Gasteiger partial charge in [-0.15, -0.1) is 10.2 Å². The monoisotopic (exact) mass is 337 g/mol. The van der Waals surface area contributed by atoms with Crippen LogP contribution in [0.1, 0.15) is 17.8 Å². The number of hydrogen-bond acceptors (Lipinski definition) is 6. The molecule has 0 fully saturated rings. The lowest BCUT2D eigenvalue weighted by molar-refractivity contribution is 0.398. The first-order chi connectivity index (χ1) is 12.2. The number of ether oxygens (including phenoxy) is 2. The molecule has 0 aliphatic heterocycles. The molecule has 0 spiro atoms. The Hall–Kier alpha value is -3.27. The highest BCUT2D eigenvalue weighted by Crippen LogP contribution is 2.31. The summed E-state index contributed by atoms with van der Waals surface area (Å²) in [4.78, 5) is 3.41. The summed E-state index contributed by atoms with van der Waals surface area (Å²) in [6.45, 7) is 0.760. The van der Waals surface area contributed by atoms with Crippen molar-refractivity contribution < 1.29 is 9.47 Å². The Morgan fingerprint density at radius 1 is 1.16 bits per heavy atom. The number of fused-ring (bicyclic) bond motifs is 1. The number of aryl methyl sites for hydroxylation is 1. The van der Waals surface area contributed by atoms with Crippen LogP contribution < -0.4 is 14.8 Å². The maximum absolute atomic E-state index is 8.71. The molecule has 2 heterocycles. The van der Waals surface area contributed by atoms with Crippen LogP contribution in [-0.4, -0.2) is 35.9 Å². The quantitative estimate of drug-likeness (QED) is 0.644. The second-order valence-corrected chi connectivity index (χ2v) is 5.53. The van der Waals surface area contributed by atoms with Crippen LogP contribution in [0.3, 0.4) is 0 Å². The fraction of sp³-hybridized carbons (Fsp3) is 0.278. The van der Waals surface area contributed by atoms with Gasteiger partial charge in [-0.25, -0.2) is 0 Å². The number of benzene rings is 1. The number of nitriles is 1. The Balaban J connectivity index is 1.60. The molecule has 0 aliphatic rings. The van der Waals surface area contributed by atoms with Crippen molar-refractivity contribution in [3.63, 3.8) is 0 Å². The van der Waals surface area contributed by atoms with Gasteiger partial charge in [-0.1, -0.05) is 0 Å². The van der Waals surface area contributed by atoms with E-state index in [2.05, 4.69) is 26.6 Å². The molecule has 0 unspecified atom stereocenters. The van der Waals surface area contributed by atoms with Gasteiger partial charge in [0.1, 0.15) is 23.4 Å². The van der Waals surface area contributed by atoms with Gasteiger partial charge in [-0.05, 0) is 31.0 Å². The molecule has 3 rings (SSSR count). The van der Waals surface area contributed by atoms with E-state index >= 15 is 0 Å². The third kappa shape index (κ3) is 3.80. The zero-order chi connectivity index (χ0) is 17.6. The van der Waals surface area contributed by atoms with E-state index in [9.17, 15) is 0 Å². The Morgan fingerprint density at radius 3 is 2.72 bits per heavy atom.